The number of nitrogens with one attached hydrogen (secondary N) is 1. The van der Waals surface area contributed by atoms with Crippen molar-refractivity contribution in [3.63, 3.8) is 0 Å². The van der Waals surface area contributed by atoms with E-state index < -0.39 is 0 Å². The van der Waals surface area contributed by atoms with Gasteiger partial charge in [-0.2, -0.15) is 0 Å². The number of aryl methyl sites for hydroxylation is 1. The number of aromatic hydroxyl groups is 1. The first kappa shape index (κ1) is 16.9. The first-order valence-electron chi connectivity index (χ1n) is 7.95. The zero-order valence-electron chi connectivity index (χ0n) is 13.8. The molecule has 0 saturated carbocycles. The summed E-state index contributed by atoms with van der Waals surface area (Å²) in [7, 11) is 0. The van der Waals surface area contributed by atoms with Crippen LogP contribution in [0.5, 0.6) is 5.75 Å². The van der Waals surface area contributed by atoms with Crippen molar-refractivity contribution in [3.05, 3.63) is 80.1 Å². The minimum absolute atomic E-state index is 0.102. The summed E-state index contributed by atoms with van der Waals surface area (Å²) in [6.07, 6.45) is 0. The van der Waals surface area contributed by atoms with Gasteiger partial charge < -0.3 is 10.1 Å². The SMILES string of the molecule is Cc1ccc(-n2c(Cl)cc3[nH]c(=O)c(-c4cccc(Br)c4)c(O)c32)cc1. The molecule has 2 heterocycles. The maximum atomic E-state index is 12.6. The van der Waals surface area contributed by atoms with Crippen LogP contribution in [-0.2, 0) is 0 Å². The van der Waals surface area contributed by atoms with Gasteiger partial charge in [-0.05, 0) is 42.8 Å². The summed E-state index contributed by atoms with van der Waals surface area (Å²) in [6, 6.07) is 16.7. The third-order valence-electron chi connectivity index (χ3n) is 4.30. The van der Waals surface area contributed by atoms with Crippen molar-refractivity contribution in [2.75, 3.05) is 0 Å². The second kappa shape index (κ2) is 6.34. The first-order chi connectivity index (χ1) is 12.5. The fourth-order valence-electron chi connectivity index (χ4n) is 3.08. The zero-order chi connectivity index (χ0) is 18.4. The molecular formula is C20H14BrClN2O2. The van der Waals surface area contributed by atoms with Crippen LogP contribution in [-0.4, -0.2) is 14.7 Å². The molecular weight excluding hydrogens is 416 g/mol. The zero-order valence-corrected chi connectivity index (χ0v) is 16.1. The van der Waals surface area contributed by atoms with Gasteiger partial charge in [-0.25, -0.2) is 0 Å². The molecule has 2 aromatic heterocycles. The van der Waals surface area contributed by atoms with Crippen molar-refractivity contribution >= 4 is 38.6 Å². The lowest BCUT2D eigenvalue weighted by Gasteiger charge is -2.11. The average Bonchev–Trinajstić information content (AvgIpc) is 2.92. The van der Waals surface area contributed by atoms with Crippen LogP contribution in [0.3, 0.4) is 0 Å². The van der Waals surface area contributed by atoms with Crippen LogP contribution in [0.2, 0.25) is 5.15 Å². The largest absolute Gasteiger partial charge is 0.505 e. The van der Waals surface area contributed by atoms with E-state index in [0.29, 0.717) is 21.7 Å². The van der Waals surface area contributed by atoms with Crippen molar-refractivity contribution in [1.29, 1.82) is 0 Å². The van der Waals surface area contributed by atoms with E-state index >= 15 is 0 Å². The molecule has 0 bridgehead atoms. The average molecular weight is 430 g/mol. The number of rotatable bonds is 2. The second-order valence-electron chi connectivity index (χ2n) is 6.09. The maximum Gasteiger partial charge on any atom is 0.260 e. The summed E-state index contributed by atoms with van der Waals surface area (Å²) in [5.74, 6) is -0.102. The molecule has 0 aliphatic carbocycles. The number of H-pyrrole nitrogens is 1. The third-order valence-corrected chi connectivity index (χ3v) is 5.07. The van der Waals surface area contributed by atoms with Crippen molar-refractivity contribution < 1.29 is 5.11 Å². The molecule has 0 unspecified atom stereocenters. The predicted octanol–water partition coefficient (Wildman–Crippen LogP) is 5.42. The van der Waals surface area contributed by atoms with E-state index in [9.17, 15) is 9.90 Å². The van der Waals surface area contributed by atoms with Crippen LogP contribution in [0, 0.1) is 6.92 Å². The molecule has 130 valence electrons. The summed E-state index contributed by atoms with van der Waals surface area (Å²) in [5.41, 5.74) is 3.33. The fourth-order valence-corrected chi connectivity index (χ4v) is 3.77. The standard InChI is InChI=1S/C20H14BrClN2O2/c1-11-5-7-14(8-6-11)24-16(22)10-15-18(24)19(25)17(20(26)23-15)12-3-2-4-13(21)9-12/h2-10H,1H3,(H2,23,25,26). The Morgan fingerprint density at radius 2 is 1.85 bits per heavy atom. The van der Waals surface area contributed by atoms with E-state index in [1.165, 1.54) is 0 Å². The van der Waals surface area contributed by atoms with Gasteiger partial charge in [0.25, 0.3) is 5.56 Å². The Kier molecular flexibility index (Phi) is 4.13. The van der Waals surface area contributed by atoms with Crippen molar-refractivity contribution in [3.8, 4) is 22.6 Å². The molecule has 0 aliphatic heterocycles. The minimum atomic E-state index is -0.370. The lowest BCUT2D eigenvalue weighted by atomic mass is 10.1. The van der Waals surface area contributed by atoms with E-state index in [2.05, 4.69) is 20.9 Å². The van der Waals surface area contributed by atoms with Gasteiger partial charge in [-0.15, -0.1) is 0 Å². The molecule has 0 radical (unpaired) electrons. The van der Waals surface area contributed by atoms with Crippen LogP contribution in [0.4, 0.5) is 0 Å². The Labute approximate surface area is 162 Å². The highest BCUT2D eigenvalue weighted by Crippen LogP contribution is 2.37. The molecule has 0 aliphatic rings. The van der Waals surface area contributed by atoms with Crippen LogP contribution < -0.4 is 5.56 Å². The predicted molar refractivity (Wildman–Crippen MR) is 108 cm³/mol. The topological polar surface area (TPSA) is 58.0 Å². The number of fused-ring (bicyclic) bond motifs is 1. The lowest BCUT2D eigenvalue weighted by Crippen LogP contribution is -2.09. The van der Waals surface area contributed by atoms with Gasteiger partial charge in [0.15, 0.2) is 5.75 Å². The number of pyridine rings is 1. The van der Waals surface area contributed by atoms with E-state index in [1.54, 1.807) is 22.8 Å². The number of hydrogen-bond acceptors (Lipinski definition) is 2. The Balaban J connectivity index is 2.07. The first-order valence-corrected chi connectivity index (χ1v) is 9.12. The van der Waals surface area contributed by atoms with Crippen molar-refractivity contribution in [2.24, 2.45) is 0 Å². The van der Waals surface area contributed by atoms with Gasteiger partial charge in [-0.3, -0.25) is 9.36 Å². The molecule has 2 N–H and O–H groups in total. The maximum absolute atomic E-state index is 12.6. The molecule has 2 aromatic carbocycles. The molecule has 4 nitrogen and oxygen atoms in total. The highest BCUT2D eigenvalue weighted by Gasteiger charge is 2.20. The quantitative estimate of drug-likeness (QED) is 0.447. The molecule has 0 fully saturated rings. The number of aromatic nitrogens is 2. The van der Waals surface area contributed by atoms with E-state index in [1.807, 2.05) is 43.3 Å². The smallest absolute Gasteiger partial charge is 0.260 e. The number of hydrogen-bond donors (Lipinski definition) is 2. The Morgan fingerprint density at radius 1 is 1.12 bits per heavy atom. The third kappa shape index (κ3) is 2.73. The lowest BCUT2D eigenvalue weighted by molar-refractivity contribution is 0.480. The second-order valence-corrected chi connectivity index (χ2v) is 7.39. The molecule has 4 aromatic rings. The highest BCUT2D eigenvalue weighted by molar-refractivity contribution is 9.10. The molecule has 4 rings (SSSR count). The van der Waals surface area contributed by atoms with Gasteiger partial charge in [0, 0.05) is 10.2 Å². The van der Waals surface area contributed by atoms with Crippen molar-refractivity contribution in [2.45, 2.75) is 6.92 Å². The molecule has 0 amide bonds. The summed E-state index contributed by atoms with van der Waals surface area (Å²) in [6.45, 7) is 2.00. The normalized spacial score (nSPS) is 11.2. The number of aromatic amines is 1. The monoisotopic (exact) mass is 428 g/mol. The summed E-state index contributed by atoms with van der Waals surface area (Å²) < 4.78 is 2.55. The molecule has 6 heteroatoms. The van der Waals surface area contributed by atoms with Gasteiger partial charge in [0.05, 0.1) is 11.1 Å². The fraction of sp³-hybridized carbons (Fsp3) is 0.0500. The van der Waals surface area contributed by atoms with Crippen LogP contribution in [0.1, 0.15) is 5.56 Å². The molecule has 0 spiro atoms. The summed E-state index contributed by atoms with van der Waals surface area (Å²) in [5, 5.41) is 11.4. The van der Waals surface area contributed by atoms with E-state index in [0.717, 1.165) is 15.7 Å². The minimum Gasteiger partial charge on any atom is -0.505 e. The molecule has 0 atom stereocenters. The van der Waals surface area contributed by atoms with Gasteiger partial charge in [0.1, 0.15) is 10.7 Å². The highest BCUT2D eigenvalue weighted by atomic mass is 79.9. The Hall–Kier alpha value is -2.50. The van der Waals surface area contributed by atoms with Crippen molar-refractivity contribution in [1.82, 2.24) is 9.55 Å². The van der Waals surface area contributed by atoms with Gasteiger partial charge >= 0.3 is 0 Å². The van der Waals surface area contributed by atoms with Gasteiger partial charge in [0.2, 0.25) is 0 Å². The number of halogens is 2. The van der Waals surface area contributed by atoms with E-state index in [4.69, 9.17) is 11.6 Å². The summed E-state index contributed by atoms with van der Waals surface area (Å²) in [4.78, 5) is 15.4. The van der Waals surface area contributed by atoms with Crippen LogP contribution in [0.15, 0.2) is 63.9 Å². The molecule has 26 heavy (non-hydrogen) atoms. The summed E-state index contributed by atoms with van der Waals surface area (Å²) >= 11 is 9.81. The number of nitrogens with zero attached hydrogens (tertiary/aromatic N) is 1. The Bertz CT molecular complexity index is 1190. The van der Waals surface area contributed by atoms with Gasteiger partial charge in [-0.1, -0.05) is 57.4 Å². The number of benzene rings is 2. The molecule has 0 saturated heterocycles. The van der Waals surface area contributed by atoms with Crippen LogP contribution >= 0.6 is 27.5 Å². The van der Waals surface area contributed by atoms with Crippen LogP contribution in [0.25, 0.3) is 27.8 Å². The van der Waals surface area contributed by atoms with E-state index in [-0.39, 0.29) is 16.9 Å². The Morgan fingerprint density at radius 3 is 2.54 bits per heavy atom.